The maximum absolute atomic E-state index is 10.5. The van der Waals surface area contributed by atoms with Crippen molar-refractivity contribution in [2.45, 2.75) is 3.26 Å². The first-order chi connectivity index (χ1) is 5.22. The third kappa shape index (κ3) is 2.44. The summed E-state index contributed by atoms with van der Waals surface area (Å²) in [6, 6.07) is 9.15. The molecule has 11 heavy (non-hydrogen) atoms. The molecule has 0 aliphatic rings. The van der Waals surface area contributed by atoms with E-state index in [-0.39, 0.29) is 0 Å². The van der Waals surface area contributed by atoms with Gasteiger partial charge in [-0.05, 0) is 5.56 Å². The molecule has 4 heteroatoms. The summed E-state index contributed by atoms with van der Waals surface area (Å²) in [5, 5.41) is 0. The van der Waals surface area contributed by atoms with Crippen LogP contribution in [0.4, 0.5) is 0 Å². The normalized spacial score (nSPS) is 13.3. The Morgan fingerprint density at radius 1 is 1.18 bits per heavy atom. The van der Waals surface area contributed by atoms with E-state index in [4.69, 9.17) is 0 Å². The van der Waals surface area contributed by atoms with Crippen LogP contribution in [0.1, 0.15) is 8.82 Å². The highest BCUT2D eigenvalue weighted by Gasteiger charge is 2.07. The van der Waals surface area contributed by atoms with Gasteiger partial charge in [-0.25, -0.2) is 8.42 Å². The van der Waals surface area contributed by atoms with Crippen LogP contribution in [0.5, 0.6) is 0 Å². The molecule has 1 aromatic carbocycles. The minimum absolute atomic E-state index is 0.399. The lowest BCUT2D eigenvalue weighted by atomic mass is 10.2. The van der Waals surface area contributed by atoms with Crippen molar-refractivity contribution in [1.29, 1.82) is 0 Å². The largest absolute Gasteiger partial charge is 0.230 e. The average molecular weight is 282 g/mol. The third-order valence-electron chi connectivity index (χ3n) is 1.26. The van der Waals surface area contributed by atoms with Crippen LogP contribution < -0.4 is 0 Å². The topological polar surface area (TPSA) is 34.1 Å². The Morgan fingerprint density at radius 3 is 2.18 bits per heavy atom. The van der Waals surface area contributed by atoms with Crippen molar-refractivity contribution >= 4 is 33.3 Å². The Labute approximate surface area is 80.7 Å². The van der Waals surface area contributed by atoms with Crippen molar-refractivity contribution in [3.05, 3.63) is 35.9 Å². The summed E-state index contributed by atoms with van der Waals surface area (Å²) in [5.41, 5.74) is 0.837. The Balaban J connectivity index is 2.94. The number of thiol groups is 1. The van der Waals surface area contributed by atoms with Crippen molar-refractivity contribution in [1.82, 2.24) is 0 Å². The first-order valence-corrected chi connectivity index (χ1v) is 5.53. The molecule has 0 amide bonds. The number of rotatable bonds is 2. The SMILES string of the molecule is O=[SH](=O)C(I)c1ccccc1. The van der Waals surface area contributed by atoms with Crippen LogP contribution in [0, 0.1) is 0 Å². The highest BCUT2D eigenvalue weighted by Crippen LogP contribution is 2.22. The molecule has 1 unspecified atom stereocenters. The molecule has 0 spiro atoms. The molecule has 0 bridgehead atoms. The molecule has 0 aliphatic carbocycles. The summed E-state index contributed by atoms with van der Waals surface area (Å²) in [6.45, 7) is 0. The summed E-state index contributed by atoms with van der Waals surface area (Å²) >= 11 is 1.90. The Hall–Kier alpha value is -0.100. The number of halogens is 1. The van der Waals surface area contributed by atoms with Crippen LogP contribution in [-0.2, 0) is 10.7 Å². The summed E-state index contributed by atoms with van der Waals surface area (Å²) in [5.74, 6) is 0. The van der Waals surface area contributed by atoms with Gasteiger partial charge in [-0.15, -0.1) is 0 Å². The molecular weight excluding hydrogens is 275 g/mol. The zero-order valence-electron chi connectivity index (χ0n) is 5.61. The summed E-state index contributed by atoms with van der Waals surface area (Å²) in [4.78, 5) is 0. The molecule has 1 rings (SSSR count). The molecule has 60 valence electrons. The van der Waals surface area contributed by atoms with Gasteiger partial charge in [-0.1, -0.05) is 52.9 Å². The van der Waals surface area contributed by atoms with Crippen molar-refractivity contribution in [2.75, 3.05) is 0 Å². The minimum Gasteiger partial charge on any atom is -0.230 e. The fourth-order valence-electron chi connectivity index (χ4n) is 0.734. The molecule has 0 saturated heterocycles. The van der Waals surface area contributed by atoms with Gasteiger partial charge in [0.2, 0.25) is 0 Å². The van der Waals surface area contributed by atoms with Gasteiger partial charge in [0.05, 0.1) is 0 Å². The zero-order chi connectivity index (χ0) is 8.27. The lowest BCUT2D eigenvalue weighted by Gasteiger charge is -1.99. The van der Waals surface area contributed by atoms with Crippen molar-refractivity contribution in [2.24, 2.45) is 0 Å². The smallest absolute Gasteiger partial charge is 0.156 e. The van der Waals surface area contributed by atoms with Gasteiger partial charge >= 0.3 is 0 Å². The van der Waals surface area contributed by atoms with E-state index < -0.39 is 14.0 Å². The van der Waals surface area contributed by atoms with Gasteiger partial charge in [0.15, 0.2) is 10.7 Å². The van der Waals surface area contributed by atoms with Crippen LogP contribution in [0.3, 0.4) is 0 Å². The Bertz CT molecular complexity index is 287. The fraction of sp³-hybridized carbons (Fsp3) is 0.143. The van der Waals surface area contributed by atoms with E-state index in [9.17, 15) is 8.42 Å². The molecule has 0 heterocycles. The van der Waals surface area contributed by atoms with Crippen molar-refractivity contribution in [3.8, 4) is 0 Å². The van der Waals surface area contributed by atoms with Gasteiger partial charge in [0.1, 0.15) is 3.26 Å². The van der Waals surface area contributed by atoms with Crippen LogP contribution in [-0.4, -0.2) is 8.42 Å². The summed E-state index contributed by atoms with van der Waals surface area (Å²) < 4.78 is 20.7. The van der Waals surface area contributed by atoms with Crippen molar-refractivity contribution < 1.29 is 8.42 Å². The van der Waals surface area contributed by atoms with Crippen LogP contribution in [0.25, 0.3) is 0 Å². The molecule has 0 fully saturated rings. The van der Waals surface area contributed by atoms with E-state index in [1.54, 1.807) is 0 Å². The molecule has 0 aliphatic heterocycles. The van der Waals surface area contributed by atoms with E-state index in [1.807, 2.05) is 52.9 Å². The Kier molecular flexibility index (Phi) is 3.32. The first kappa shape index (κ1) is 8.99. The highest BCUT2D eigenvalue weighted by molar-refractivity contribution is 14.1. The second-order valence-electron chi connectivity index (χ2n) is 2.03. The molecule has 0 radical (unpaired) electrons. The second-order valence-corrected chi connectivity index (χ2v) is 5.35. The summed E-state index contributed by atoms with van der Waals surface area (Å²) in [6.07, 6.45) is 0. The second kappa shape index (κ2) is 4.06. The predicted molar refractivity (Wildman–Crippen MR) is 53.5 cm³/mol. The third-order valence-corrected chi connectivity index (χ3v) is 4.01. The van der Waals surface area contributed by atoms with Gasteiger partial charge in [0, 0.05) is 0 Å². The molecule has 0 N–H and O–H groups in total. The molecule has 0 saturated carbocycles. The zero-order valence-corrected chi connectivity index (χ0v) is 8.66. The first-order valence-electron chi connectivity index (χ1n) is 3.04. The van der Waals surface area contributed by atoms with Gasteiger partial charge in [-0.3, -0.25) is 0 Å². The molecular formula is C7H7IO2S. The maximum atomic E-state index is 10.5. The average Bonchev–Trinajstić information content (AvgIpc) is 2.05. The summed E-state index contributed by atoms with van der Waals surface area (Å²) in [7, 11) is -2.35. The standard InChI is InChI=1S/C7H7IO2S/c8-7(11(9)10)6-4-2-1-3-5-6/h1-5,7,11H. The van der Waals surface area contributed by atoms with E-state index in [0.717, 1.165) is 5.56 Å². The number of benzene rings is 1. The van der Waals surface area contributed by atoms with Gasteiger partial charge in [0.25, 0.3) is 0 Å². The van der Waals surface area contributed by atoms with E-state index in [2.05, 4.69) is 0 Å². The quantitative estimate of drug-likeness (QED) is 0.509. The molecule has 0 aromatic heterocycles. The van der Waals surface area contributed by atoms with Crippen LogP contribution in [0.15, 0.2) is 30.3 Å². The molecule has 1 atom stereocenters. The molecule has 2 nitrogen and oxygen atoms in total. The van der Waals surface area contributed by atoms with E-state index >= 15 is 0 Å². The van der Waals surface area contributed by atoms with Gasteiger partial charge < -0.3 is 0 Å². The highest BCUT2D eigenvalue weighted by atomic mass is 127. The van der Waals surface area contributed by atoms with Crippen molar-refractivity contribution in [3.63, 3.8) is 0 Å². The monoisotopic (exact) mass is 282 g/mol. The lowest BCUT2D eigenvalue weighted by Crippen LogP contribution is -1.89. The Morgan fingerprint density at radius 2 is 1.73 bits per heavy atom. The van der Waals surface area contributed by atoms with Gasteiger partial charge in [-0.2, -0.15) is 0 Å². The molecule has 1 aromatic rings. The minimum atomic E-state index is -2.35. The van der Waals surface area contributed by atoms with Crippen LogP contribution in [0.2, 0.25) is 0 Å². The lowest BCUT2D eigenvalue weighted by molar-refractivity contribution is 0.614. The van der Waals surface area contributed by atoms with E-state index in [1.165, 1.54) is 0 Å². The maximum Gasteiger partial charge on any atom is 0.156 e. The number of hydrogen-bond donors (Lipinski definition) is 1. The predicted octanol–water partition coefficient (Wildman–Crippen LogP) is 1.73. The fourth-order valence-corrected chi connectivity index (χ4v) is 1.56. The van der Waals surface area contributed by atoms with Crippen LogP contribution >= 0.6 is 22.6 Å². The van der Waals surface area contributed by atoms with E-state index in [0.29, 0.717) is 0 Å². The number of alkyl halides is 1. The number of hydrogen-bond acceptors (Lipinski definition) is 2.